The summed E-state index contributed by atoms with van der Waals surface area (Å²) in [6, 6.07) is 13.1. The highest BCUT2D eigenvalue weighted by Gasteiger charge is 2.36. The van der Waals surface area contributed by atoms with Crippen LogP contribution in [0.15, 0.2) is 67.1 Å². The van der Waals surface area contributed by atoms with Gasteiger partial charge in [0.2, 0.25) is 0 Å². The van der Waals surface area contributed by atoms with Crippen molar-refractivity contribution in [1.29, 1.82) is 0 Å². The largest absolute Gasteiger partial charge is 0.439 e. The van der Waals surface area contributed by atoms with E-state index in [0.717, 1.165) is 16.8 Å². The van der Waals surface area contributed by atoms with Gasteiger partial charge in [0.15, 0.2) is 6.10 Å². The molecule has 1 amide bonds. The number of hydrogen-bond donors (Lipinski definition) is 1. The molecule has 0 radical (unpaired) electrons. The molecule has 0 spiro atoms. The Morgan fingerprint density at radius 3 is 2.64 bits per heavy atom. The van der Waals surface area contributed by atoms with E-state index in [9.17, 15) is 9.18 Å². The van der Waals surface area contributed by atoms with Gasteiger partial charge in [-0.15, -0.1) is 0 Å². The number of hydrogen-bond acceptors (Lipinski definition) is 4. The van der Waals surface area contributed by atoms with Gasteiger partial charge in [-0.3, -0.25) is 9.97 Å². The number of pyridine rings is 2. The van der Waals surface area contributed by atoms with Crippen molar-refractivity contribution in [3.63, 3.8) is 0 Å². The molecule has 0 saturated carbocycles. The van der Waals surface area contributed by atoms with Crippen LogP contribution < -0.4 is 5.32 Å². The number of alkyl carbamates (subject to hydrolysis) is 1. The van der Waals surface area contributed by atoms with Crippen molar-refractivity contribution in [3.05, 3.63) is 84.1 Å². The van der Waals surface area contributed by atoms with Crippen LogP contribution in [0.4, 0.5) is 9.18 Å². The molecule has 124 valence electrons. The lowest BCUT2D eigenvalue weighted by Crippen LogP contribution is -2.19. The molecule has 3 aromatic rings. The van der Waals surface area contributed by atoms with E-state index < -0.39 is 18.2 Å². The number of rotatable bonds is 3. The molecule has 25 heavy (non-hydrogen) atoms. The molecule has 2 aromatic heterocycles. The minimum Gasteiger partial charge on any atom is -0.439 e. The van der Waals surface area contributed by atoms with Gasteiger partial charge in [0.1, 0.15) is 11.9 Å². The molecule has 0 aliphatic carbocycles. The first-order valence-corrected chi connectivity index (χ1v) is 7.80. The van der Waals surface area contributed by atoms with E-state index in [1.165, 1.54) is 12.1 Å². The number of cyclic esters (lactones) is 1. The zero-order valence-corrected chi connectivity index (χ0v) is 13.1. The van der Waals surface area contributed by atoms with Crippen molar-refractivity contribution >= 4 is 6.09 Å². The molecule has 1 aromatic carbocycles. The lowest BCUT2D eigenvalue weighted by Gasteiger charge is -2.18. The molecule has 5 nitrogen and oxygen atoms in total. The first-order valence-electron chi connectivity index (χ1n) is 7.80. The Labute approximate surface area is 143 Å². The predicted molar refractivity (Wildman–Crippen MR) is 89.0 cm³/mol. The molecule has 0 unspecified atom stereocenters. The van der Waals surface area contributed by atoms with Gasteiger partial charge in [-0.1, -0.05) is 18.2 Å². The maximum Gasteiger partial charge on any atom is 0.408 e. The monoisotopic (exact) mass is 335 g/mol. The number of aromatic nitrogens is 2. The number of amides is 1. The maximum atomic E-state index is 13.2. The summed E-state index contributed by atoms with van der Waals surface area (Å²) in [7, 11) is 0. The molecule has 2 atom stereocenters. The van der Waals surface area contributed by atoms with Gasteiger partial charge < -0.3 is 10.1 Å². The standard InChI is InChI=1S/C19H14FN3O2/c20-15-6-4-12(5-7-15)18-17(23-19(24)25-18)14-9-13(10-21-11-14)16-3-1-2-8-22-16/h1-11,17-18H,(H,23,24)/t17-,18-/m1/s1. The average Bonchev–Trinajstić information content (AvgIpc) is 3.05. The van der Waals surface area contributed by atoms with Gasteiger partial charge in [-0.05, 0) is 41.5 Å². The third-order valence-corrected chi connectivity index (χ3v) is 4.09. The third-order valence-electron chi connectivity index (χ3n) is 4.09. The van der Waals surface area contributed by atoms with Crippen LogP contribution in [0.1, 0.15) is 23.3 Å². The van der Waals surface area contributed by atoms with Crippen LogP contribution in [0.2, 0.25) is 0 Å². The summed E-state index contributed by atoms with van der Waals surface area (Å²) in [5.41, 5.74) is 3.15. The van der Waals surface area contributed by atoms with Crippen LogP contribution in [0.25, 0.3) is 11.3 Å². The molecular weight excluding hydrogens is 321 g/mol. The molecule has 1 aliphatic heterocycles. The first-order chi connectivity index (χ1) is 12.2. The SMILES string of the molecule is O=C1N[C@H](c2cncc(-c3ccccn3)c2)[C@@H](c2ccc(F)cc2)O1. The van der Waals surface area contributed by atoms with E-state index in [-0.39, 0.29) is 5.82 Å². The van der Waals surface area contributed by atoms with E-state index in [1.54, 1.807) is 30.7 Å². The minimum absolute atomic E-state index is 0.337. The predicted octanol–water partition coefficient (Wildman–Crippen LogP) is 3.80. The molecule has 4 rings (SSSR count). The fourth-order valence-electron chi connectivity index (χ4n) is 2.89. The number of nitrogens with zero attached hydrogens (tertiary/aromatic N) is 2. The van der Waals surface area contributed by atoms with E-state index in [4.69, 9.17) is 4.74 Å². The molecule has 1 fully saturated rings. The van der Waals surface area contributed by atoms with Gasteiger partial charge >= 0.3 is 6.09 Å². The highest BCUT2D eigenvalue weighted by Crippen LogP contribution is 2.37. The molecular formula is C19H14FN3O2. The molecule has 1 saturated heterocycles. The fourth-order valence-corrected chi connectivity index (χ4v) is 2.89. The highest BCUT2D eigenvalue weighted by atomic mass is 19.1. The highest BCUT2D eigenvalue weighted by molar-refractivity contribution is 5.71. The molecule has 1 N–H and O–H groups in total. The van der Waals surface area contributed by atoms with Crippen molar-refractivity contribution < 1.29 is 13.9 Å². The smallest absolute Gasteiger partial charge is 0.408 e. The van der Waals surface area contributed by atoms with Crippen LogP contribution in [0, 0.1) is 5.82 Å². The minimum atomic E-state index is -0.547. The number of nitrogens with one attached hydrogen (secondary N) is 1. The Morgan fingerprint density at radius 1 is 1.04 bits per heavy atom. The van der Waals surface area contributed by atoms with Gasteiger partial charge in [-0.2, -0.15) is 0 Å². The Bertz CT molecular complexity index is 900. The second kappa shape index (κ2) is 6.32. The lowest BCUT2D eigenvalue weighted by atomic mass is 9.96. The fraction of sp³-hybridized carbons (Fsp3) is 0.105. The number of ether oxygens (including phenoxy) is 1. The molecule has 0 bridgehead atoms. The lowest BCUT2D eigenvalue weighted by molar-refractivity contribution is 0.132. The number of carbonyl (C=O) groups is 1. The summed E-state index contributed by atoms with van der Waals surface area (Å²) in [5.74, 6) is -0.337. The van der Waals surface area contributed by atoms with Crippen molar-refractivity contribution in [2.45, 2.75) is 12.1 Å². The second-order valence-electron chi connectivity index (χ2n) is 5.72. The van der Waals surface area contributed by atoms with Crippen molar-refractivity contribution in [3.8, 4) is 11.3 Å². The number of benzene rings is 1. The summed E-state index contributed by atoms with van der Waals surface area (Å²) in [5, 5.41) is 2.80. The van der Waals surface area contributed by atoms with Crippen LogP contribution in [-0.2, 0) is 4.74 Å². The Hall–Kier alpha value is -3.28. The third kappa shape index (κ3) is 3.06. The van der Waals surface area contributed by atoms with Crippen LogP contribution in [0.5, 0.6) is 0 Å². The zero-order valence-electron chi connectivity index (χ0n) is 13.1. The number of halogens is 1. The quantitative estimate of drug-likeness (QED) is 0.790. The van der Waals surface area contributed by atoms with E-state index in [2.05, 4.69) is 15.3 Å². The van der Waals surface area contributed by atoms with Crippen LogP contribution in [0.3, 0.4) is 0 Å². The first kappa shape index (κ1) is 15.3. The van der Waals surface area contributed by atoms with Gasteiger partial charge in [0.25, 0.3) is 0 Å². The van der Waals surface area contributed by atoms with E-state index in [1.807, 2.05) is 24.3 Å². The zero-order chi connectivity index (χ0) is 17.2. The van der Waals surface area contributed by atoms with Gasteiger partial charge in [0, 0.05) is 24.2 Å². The summed E-state index contributed by atoms with van der Waals surface area (Å²) < 4.78 is 18.6. The van der Waals surface area contributed by atoms with E-state index in [0.29, 0.717) is 5.56 Å². The Morgan fingerprint density at radius 2 is 1.88 bits per heavy atom. The Balaban J connectivity index is 1.70. The van der Waals surface area contributed by atoms with E-state index >= 15 is 0 Å². The number of carbonyl (C=O) groups excluding carboxylic acids is 1. The summed E-state index contributed by atoms with van der Waals surface area (Å²) in [6.07, 6.45) is 4.05. The van der Waals surface area contributed by atoms with Crippen molar-refractivity contribution in [1.82, 2.24) is 15.3 Å². The molecule has 6 heteroatoms. The van der Waals surface area contributed by atoms with Gasteiger partial charge in [0.05, 0.1) is 5.69 Å². The second-order valence-corrected chi connectivity index (χ2v) is 5.72. The molecule has 1 aliphatic rings. The van der Waals surface area contributed by atoms with Crippen molar-refractivity contribution in [2.75, 3.05) is 0 Å². The molecule has 3 heterocycles. The van der Waals surface area contributed by atoms with Crippen LogP contribution in [-0.4, -0.2) is 16.1 Å². The summed E-state index contributed by atoms with van der Waals surface area (Å²) in [4.78, 5) is 20.4. The average molecular weight is 335 g/mol. The van der Waals surface area contributed by atoms with Crippen molar-refractivity contribution in [2.24, 2.45) is 0 Å². The topological polar surface area (TPSA) is 64.1 Å². The Kier molecular flexibility index (Phi) is 3.85. The normalized spacial score (nSPS) is 19.3. The van der Waals surface area contributed by atoms with Gasteiger partial charge in [-0.25, -0.2) is 9.18 Å². The maximum absolute atomic E-state index is 13.2. The van der Waals surface area contributed by atoms with Crippen LogP contribution >= 0.6 is 0 Å². The summed E-state index contributed by atoms with van der Waals surface area (Å²) >= 11 is 0. The summed E-state index contributed by atoms with van der Waals surface area (Å²) in [6.45, 7) is 0.